The zero-order valence-electron chi connectivity index (χ0n) is 13.1. The molecule has 0 aliphatic heterocycles. The molecule has 0 radical (unpaired) electrons. The number of aromatic nitrogens is 1. The minimum Gasteiger partial charge on any atom is -0.354 e. The molecule has 2 N–H and O–H groups in total. The summed E-state index contributed by atoms with van der Waals surface area (Å²) in [4.78, 5) is 16.4. The SMILES string of the molecule is Cc1cccc(Nc2ccc(NC(=O)c3ccc(Cl)cc3)nc2)c1. The first-order chi connectivity index (χ1) is 11.6. The molecule has 1 amide bonds. The van der Waals surface area contributed by atoms with Crippen LogP contribution in [0.15, 0.2) is 66.9 Å². The molecule has 4 nitrogen and oxygen atoms in total. The van der Waals surface area contributed by atoms with E-state index in [1.54, 1.807) is 36.5 Å². The first-order valence-electron chi connectivity index (χ1n) is 7.47. The normalized spacial score (nSPS) is 10.2. The summed E-state index contributed by atoms with van der Waals surface area (Å²) in [6, 6.07) is 18.4. The molecule has 0 bridgehead atoms. The van der Waals surface area contributed by atoms with Crippen LogP contribution in [-0.4, -0.2) is 10.9 Å². The molecule has 120 valence electrons. The summed E-state index contributed by atoms with van der Waals surface area (Å²) in [6.45, 7) is 2.04. The van der Waals surface area contributed by atoms with Gasteiger partial charge in [0.15, 0.2) is 0 Å². The second-order valence-electron chi connectivity index (χ2n) is 5.39. The van der Waals surface area contributed by atoms with Crippen molar-refractivity contribution in [3.63, 3.8) is 0 Å². The van der Waals surface area contributed by atoms with Crippen molar-refractivity contribution in [1.29, 1.82) is 0 Å². The third-order valence-corrected chi connectivity index (χ3v) is 3.67. The fourth-order valence-electron chi connectivity index (χ4n) is 2.22. The minimum atomic E-state index is -0.224. The fraction of sp³-hybridized carbons (Fsp3) is 0.0526. The van der Waals surface area contributed by atoms with Crippen molar-refractivity contribution in [2.75, 3.05) is 10.6 Å². The van der Waals surface area contributed by atoms with E-state index in [0.717, 1.165) is 11.4 Å². The minimum absolute atomic E-state index is 0.224. The number of anilines is 3. The van der Waals surface area contributed by atoms with Crippen LogP contribution in [0.5, 0.6) is 0 Å². The molecule has 3 aromatic rings. The van der Waals surface area contributed by atoms with Gasteiger partial charge in [-0.15, -0.1) is 0 Å². The van der Waals surface area contributed by atoms with E-state index in [0.29, 0.717) is 16.4 Å². The Balaban J connectivity index is 1.66. The number of pyridine rings is 1. The van der Waals surface area contributed by atoms with E-state index in [4.69, 9.17) is 11.6 Å². The first-order valence-corrected chi connectivity index (χ1v) is 7.84. The van der Waals surface area contributed by atoms with Gasteiger partial charge in [0.1, 0.15) is 5.82 Å². The molecular weight excluding hydrogens is 322 g/mol. The largest absolute Gasteiger partial charge is 0.354 e. The Morgan fingerprint density at radius 1 is 1.00 bits per heavy atom. The molecule has 0 saturated carbocycles. The van der Waals surface area contributed by atoms with Gasteiger partial charge in [0.2, 0.25) is 0 Å². The van der Waals surface area contributed by atoms with E-state index in [1.165, 1.54) is 5.56 Å². The topological polar surface area (TPSA) is 54.0 Å². The molecule has 3 rings (SSSR count). The van der Waals surface area contributed by atoms with Crippen molar-refractivity contribution < 1.29 is 4.79 Å². The second-order valence-corrected chi connectivity index (χ2v) is 5.82. The van der Waals surface area contributed by atoms with Crippen LogP contribution in [0.4, 0.5) is 17.2 Å². The van der Waals surface area contributed by atoms with Crippen molar-refractivity contribution in [3.05, 3.63) is 83.0 Å². The maximum atomic E-state index is 12.1. The summed E-state index contributed by atoms with van der Waals surface area (Å²) >= 11 is 5.82. The Morgan fingerprint density at radius 3 is 2.46 bits per heavy atom. The van der Waals surface area contributed by atoms with Crippen LogP contribution in [0.2, 0.25) is 5.02 Å². The predicted molar refractivity (Wildman–Crippen MR) is 98.1 cm³/mol. The van der Waals surface area contributed by atoms with E-state index >= 15 is 0 Å². The molecule has 0 atom stereocenters. The molecule has 24 heavy (non-hydrogen) atoms. The second kappa shape index (κ2) is 7.15. The molecule has 0 saturated heterocycles. The number of hydrogen-bond acceptors (Lipinski definition) is 3. The maximum absolute atomic E-state index is 12.1. The van der Waals surface area contributed by atoms with Crippen molar-refractivity contribution in [2.45, 2.75) is 6.92 Å². The van der Waals surface area contributed by atoms with Gasteiger partial charge in [0.25, 0.3) is 5.91 Å². The summed E-state index contributed by atoms with van der Waals surface area (Å²) < 4.78 is 0. The lowest BCUT2D eigenvalue weighted by atomic mass is 10.2. The van der Waals surface area contributed by atoms with Gasteiger partial charge in [-0.25, -0.2) is 4.98 Å². The van der Waals surface area contributed by atoms with Crippen LogP contribution < -0.4 is 10.6 Å². The molecule has 5 heteroatoms. The molecule has 0 aliphatic rings. The number of carbonyl (C=O) groups excluding carboxylic acids is 1. The molecule has 1 heterocycles. The van der Waals surface area contributed by atoms with Gasteiger partial charge in [-0.05, 0) is 61.0 Å². The van der Waals surface area contributed by atoms with E-state index in [9.17, 15) is 4.79 Å². The van der Waals surface area contributed by atoms with E-state index in [-0.39, 0.29) is 5.91 Å². The first kappa shape index (κ1) is 16.0. The lowest BCUT2D eigenvalue weighted by Gasteiger charge is -2.08. The molecule has 0 unspecified atom stereocenters. The van der Waals surface area contributed by atoms with Crippen LogP contribution in [-0.2, 0) is 0 Å². The van der Waals surface area contributed by atoms with Gasteiger partial charge >= 0.3 is 0 Å². The molecule has 1 aromatic heterocycles. The van der Waals surface area contributed by atoms with Crippen LogP contribution >= 0.6 is 11.6 Å². The van der Waals surface area contributed by atoms with Crippen molar-refractivity contribution in [2.24, 2.45) is 0 Å². The van der Waals surface area contributed by atoms with Gasteiger partial charge in [-0.3, -0.25) is 4.79 Å². The van der Waals surface area contributed by atoms with Gasteiger partial charge in [0.05, 0.1) is 11.9 Å². The van der Waals surface area contributed by atoms with E-state index in [1.807, 2.05) is 31.2 Å². The average molecular weight is 338 g/mol. The highest BCUT2D eigenvalue weighted by molar-refractivity contribution is 6.30. The van der Waals surface area contributed by atoms with Crippen LogP contribution in [0.25, 0.3) is 0 Å². The fourth-order valence-corrected chi connectivity index (χ4v) is 2.35. The number of rotatable bonds is 4. The van der Waals surface area contributed by atoms with Gasteiger partial charge in [-0.1, -0.05) is 23.7 Å². The Kier molecular flexibility index (Phi) is 4.77. The van der Waals surface area contributed by atoms with Crippen molar-refractivity contribution >= 4 is 34.7 Å². The molecule has 0 fully saturated rings. The molecular formula is C19H16ClN3O. The number of benzene rings is 2. The number of amides is 1. The highest BCUT2D eigenvalue weighted by atomic mass is 35.5. The van der Waals surface area contributed by atoms with E-state index in [2.05, 4.69) is 21.7 Å². The number of hydrogen-bond donors (Lipinski definition) is 2. The van der Waals surface area contributed by atoms with Crippen molar-refractivity contribution in [3.8, 4) is 0 Å². The number of nitrogens with one attached hydrogen (secondary N) is 2. The molecule has 0 aliphatic carbocycles. The summed E-state index contributed by atoms with van der Waals surface area (Å²) in [6.07, 6.45) is 1.68. The summed E-state index contributed by atoms with van der Waals surface area (Å²) in [5.41, 5.74) is 3.56. The monoisotopic (exact) mass is 337 g/mol. The summed E-state index contributed by atoms with van der Waals surface area (Å²) in [5.74, 6) is 0.267. The zero-order chi connectivity index (χ0) is 16.9. The lowest BCUT2D eigenvalue weighted by Crippen LogP contribution is -2.12. The van der Waals surface area contributed by atoms with Crippen molar-refractivity contribution in [1.82, 2.24) is 4.98 Å². The van der Waals surface area contributed by atoms with Gasteiger partial charge in [-0.2, -0.15) is 0 Å². The maximum Gasteiger partial charge on any atom is 0.256 e. The number of aryl methyl sites for hydroxylation is 1. The Hall–Kier alpha value is -2.85. The van der Waals surface area contributed by atoms with Crippen LogP contribution in [0, 0.1) is 6.92 Å². The number of nitrogens with zero attached hydrogens (tertiary/aromatic N) is 1. The highest BCUT2D eigenvalue weighted by Gasteiger charge is 2.06. The summed E-state index contributed by atoms with van der Waals surface area (Å²) in [5, 5.41) is 6.62. The highest BCUT2D eigenvalue weighted by Crippen LogP contribution is 2.18. The van der Waals surface area contributed by atoms with Gasteiger partial charge in [0, 0.05) is 16.3 Å². The third-order valence-electron chi connectivity index (χ3n) is 3.42. The number of carbonyl (C=O) groups is 1. The Labute approximate surface area is 145 Å². The van der Waals surface area contributed by atoms with Crippen LogP contribution in [0.1, 0.15) is 15.9 Å². The molecule has 0 spiro atoms. The lowest BCUT2D eigenvalue weighted by molar-refractivity contribution is 0.102. The summed E-state index contributed by atoms with van der Waals surface area (Å²) in [7, 11) is 0. The number of halogens is 1. The smallest absolute Gasteiger partial charge is 0.256 e. The standard InChI is InChI=1S/C19H16ClN3O/c1-13-3-2-4-16(11-13)22-17-9-10-18(21-12-17)23-19(24)14-5-7-15(20)8-6-14/h2-12,22H,1H3,(H,21,23,24). The third kappa shape index (κ3) is 4.12. The zero-order valence-corrected chi connectivity index (χ0v) is 13.8. The Morgan fingerprint density at radius 2 is 1.79 bits per heavy atom. The molecule has 2 aromatic carbocycles. The average Bonchev–Trinajstić information content (AvgIpc) is 2.57. The quantitative estimate of drug-likeness (QED) is 0.701. The van der Waals surface area contributed by atoms with Crippen LogP contribution in [0.3, 0.4) is 0 Å². The van der Waals surface area contributed by atoms with E-state index < -0.39 is 0 Å². The Bertz CT molecular complexity index is 845. The predicted octanol–water partition coefficient (Wildman–Crippen LogP) is 5.04. The van der Waals surface area contributed by atoms with Gasteiger partial charge < -0.3 is 10.6 Å².